The first-order chi connectivity index (χ1) is 11.1. The minimum atomic E-state index is -0.514. The summed E-state index contributed by atoms with van der Waals surface area (Å²) in [4.78, 5) is 24.3. The zero-order valence-electron chi connectivity index (χ0n) is 12.1. The van der Waals surface area contributed by atoms with Gasteiger partial charge in [0.1, 0.15) is 6.26 Å². The summed E-state index contributed by atoms with van der Waals surface area (Å²) in [6, 6.07) is 12.6. The molecule has 1 heterocycles. The van der Waals surface area contributed by atoms with E-state index in [4.69, 9.17) is 9.15 Å². The Morgan fingerprint density at radius 1 is 1.13 bits per heavy atom. The Morgan fingerprint density at radius 3 is 2.43 bits per heavy atom. The summed E-state index contributed by atoms with van der Waals surface area (Å²) in [5.74, 6) is -0.890. The number of ether oxygens (including phenoxy) is 1. The predicted molar refractivity (Wildman–Crippen MR) is 89.6 cm³/mol. The standard InChI is InChI=1S/C17H12BrNO4/c1-22-17(21)13-6-10-4-2-3-5-11(10)7-14(13)19-16(20)12-8-15(18)23-9-12/h2-9H,1H3,(H,19,20). The van der Waals surface area contributed by atoms with Gasteiger partial charge in [0.15, 0.2) is 4.67 Å². The summed E-state index contributed by atoms with van der Waals surface area (Å²) >= 11 is 3.15. The Morgan fingerprint density at radius 2 is 1.83 bits per heavy atom. The Balaban J connectivity index is 2.03. The van der Waals surface area contributed by atoms with Gasteiger partial charge < -0.3 is 14.5 Å². The SMILES string of the molecule is COC(=O)c1cc2ccccc2cc1NC(=O)c1coc(Br)c1. The van der Waals surface area contributed by atoms with Crippen molar-refractivity contribution in [1.82, 2.24) is 0 Å². The van der Waals surface area contributed by atoms with Gasteiger partial charge >= 0.3 is 5.97 Å². The number of anilines is 1. The topological polar surface area (TPSA) is 68.5 Å². The molecule has 0 unspecified atom stereocenters. The molecule has 1 amide bonds. The van der Waals surface area contributed by atoms with Crippen LogP contribution in [0.25, 0.3) is 10.8 Å². The van der Waals surface area contributed by atoms with Crippen molar-refractivity contribution in [3.63, 3.8) is 0 Å². The number of methoxy groups -OCH3 is 1. The Kier molecular flexibility index (Phi) is 4.16. The minimum Gasteiger partial charge on any atom is -0.465 e. The van der Waals surface area contributed by atoms with Crippen molar-refractivity contribution < 1.29 is 18.7 Å². The molecule has 0 saturated carbocycles. The van der Waals surface area contributed by atoms with Crippen molar-refractivity contribution in [2.45, 2.75) is 0 Å². The number of hydrogen-bond acceptors (Lipinski definition) is 4. The van der Waals surface area contributed by atoms with Gasteiger partial charge in [0, 0.05) is 6.07 Å². The highest BCUT2D eigenvalue weighted by atomic mass is 79.9. The van der Waals surface area contributed by atoms with Gasteiger partial charge in [-0.15, -0.1) is 0 Å². The summed E-state index contributed by atoms with van der Waals surface area (Å²) in [6.45, 7) is 0. The normalized spacial score (nSPS) is 10.5. The Hall–Kier alpha value is -2.60. The first-order valence-corrected chi connectivity index (χ1v) is 7.54. The summed E-state index contributed by atoms with van der Waals surface area (Å²) < 4.78 is 10.3. The number of rotatable bonds is 3. The third kappa shape index (κ3) is 3.12. The number of benzene rings is 2. The van der Waals surface area contributed by atoms with Gasteiger partial charge in [0.2, 0.25) is 0 Å². The minimum absolute atomic E-state index is 0.294. The molecule has 1 aromatic heterocycles. The van der Waals surface area contributed by atoms with Crippen molar-refractivity contribution in [2.24, 2.45) is 0 Å². The van der Waals surface area contributed by atoms with E-state index in [-0.39, 0.29) is 5.91 Å². The van der Waals surface area contributed by atoms with E-state index in [1.807, 2.05) is 24.3 Å². The molecule has 0 aliphatic rings. The molecule has 0 bridgehead atoms. The van der Waals surface area contributed by atoms with Crippen LogP contribution in [0.1, 0.15) is 20.7 Å². The predicted octanol–water partition coefficient (Wildman–Crippen LogP) is 4.23. The quantitative estimate of drug-likeness (QED) is 0.697. The average Bonchev–Trinajstić information content (AvgIpc) is 3.00. The van der Waals surface area contributed by atoms with E-state index in [1.54, 1.807) is 18.2 Å². The smallest absolute Gasteiger partial charge is 0.339 e. The van der Waals surface area contributed by atoms with Gasteiger partial charge in [0.05, 0.1) is 23.9 Å². The van der Waals surface area contributed by atoms with Crippen LogP contribution in [0.15, 0.2) is 57.8 Å². The van der Waals surface area contributed by atoms with E-state index in [0.29, 0.717) is 21.5 Å². The van der Waals surface area contributed by atoms with Gasteiger partial charge in [-0.3, -0.25) is 4.79 Å². The lowest BCUT2D eigenvalue weighted by atomic mass is 10.0. The third-order valence-corrected chi connectivity index (χ3v) is 3.78. The van der Waals surface area contributed by atoms with Crippen LogP contribution >= 0.6 is 15.9 Å². The largest absolute Gasteiger partial charge is 0.465 e. The van der Waals surface area contributed by atoms with Crippen molar-refractivity contribution in [3.8, 4) is 0 Å². The second kappa shape index (κ2) is 6.26. The highest BCUT2D eigenvalue weighted by Gasteiger charge is 2.17. The molecule has 0 aliphatic heterocycles. The number of halogens is 1. The maximum Gasteiger partial charge on any atom is 0.339 e. The molecule has 0 spiro atoms. The van der Waals surface area contributed by atoms with E-state index in [0.717, 1.165) is 10.8 Å². The zero-order valence-corrected chi connectivity index (χ0v) is 13.7. The number of hydrogen-bond donors (Lipinski definition) is 1. The van der Waals surface area contributed by atoms with Crippen molar-refractivity contribution in [1.29, 1.82) is 0 Å². The average molecular weight is 374 g/mol. The van der Waals surface area contributed by atoms with Gasteiger partial charge in [-0.2, -0.15) is 0 Å². The van der Waals surface area contributed by atoms with Crippen LogP contribution in [-0.2, 0) is 4.74 Å². The molecule has 6 heteroatoms. The van der Waals surface area contributed by atoms with E-state index in [1.165, 1.54) is 13.4 Å². The van der Waals surface area contributed by atoms with Crippen LogP contribution in [0, 0.1) is 0 Å². The maximum atomic E-state index is 12.3. The fourth-order valence-electron chi connectivity index (χ4n) is 2.25. The first-order valence-electron chi connectivity index (χ1n) is 6.75. The third-order valence-electron chi connectivity index (χ3n) is 3.37. The van der Waals surface area contributed by atoms with Gasteiger partial charge in [0.25, 0.3) is 5.91 Å². The number of fused-ring (bicyclic) bond motifs is 1. The molecular formula is C17H12BrNO4. The van der Waals surface area contributed by atoms with Gasteiger partial charge in [-0.05, 0) is 38.8 Å². The molecule has 0 radical (unpaired) electrons. The van der Waals surface area contributed by atoms with Crippen LogP contribution in [0.3, 0.4) is 0 Å². The number of furan rings is 1. The summed E-state index contributed by atoms with van der Waals surface area (Å²) in [5, 5.41) is 4.52. The molecule has 3 rings (SSSR count). The Bertz CT molecular complexity index is 900. The van der Waals surface area contributed by atoms with E-state index in [2.05, 4.69) is 21.2 Å². The lowest BCUT2D eigenvalue weighted by Gasteiger charge is -2.11. The van der Waals surface area contributed by atoms with E-state index >= 15 is 0 Å². The van der Waals surface area contributed by atoms with Crippen LogP contribution in [0.4, 0.5) is 5.69 Å². The monoisotopic (exact) mass is 373 g/mol. The van der Waals surface area contributed by atoms with Crippen LogP contribution in [-0.4, -0.2) is 19.0 Å². The van der Waals surface area contributed by atoms with Crippen molar-refractivity contribution >= 4 is 44.3 Å². The fourth-order valence-corrected chi connectivity index (χ4v) is 2.59. The maximum absolute atomic E-state index is 12.3. The molecule has 1 N–H and O–H groups in total. The van der Waals surface area contributed by atoms with Crippen molar-refractivity contribution in [3.05, 3.63) is 64.5 Å². The van der Waals surface area contributed by atoms with Crippen LogP contribution in [0.2, 0.25) is 0 Å². The number of nitrogens with one attached hydrogen (secondary N) is 1. The second-order valence-electron chi connectivity index (χ2n) is 4.83. The first kappa shape index (κ1) is 15.3. The molecule has 2 aromatic carbocycles. The van der Waals surface area contributed by atoms with Gasteiger partial charge in [-0.1, -0.05) is 24.3 Å². The summed E-state index contributed by atoms with van der Waals surface area (Å²) in [5.41, 5.74) is 1.03. The molecule has 0 atom stereocenters. The summed E-state index contributed by atoms with van der Waals surface area (Å²) in [6.07, 6.45) is 1.33. The molecule has 0 aliphatic carbocycles. The van der Waals surface area contributed by atoms with E-state index in [9.17, 15) is 9.59 Å². The number of amides is 1. The molecule has 5 nitrogen and oxygen atoms in total. The molecule has 0 fully saturated rings. The zero-order chi connectivity index (χ0) is 16.4. The highest BCUT2D eigenvalue weighted by Crippen LogP contribution is 2.26. The van der Waals surface area contributed by atoms with E-state index < -0.39 is 5.97 Å². The summed E-state index contributed by atoms with van der Waals surface area (Å²) in [7, 11) is 1.30. The van der Waals surface area contributed by atoms with Crippen LogP contribution < -0.4 is 5.32 Å². The van der Waals surface area contributed by atoms with Crippen molar-refractivity contribution in [2.75, 3.05) is 12.4 Å². The Labute approximate surface area is 140 Å². The molecule has 0 saturated heterocycles. The number of esters is 1. The number of carbonyl (C=O) groups excluding carboxylic acids is 2. The molecule has 116 valence electrons. The lowest BCUT2D eigenvalue weighted by Crippen LogP contribution is -2.15. The molecule has 23 heavy (non-hydrogen) atoms. The second-order valence-corrected chi connectivity index (χ2v) is 5.61. The fraction of sp³-hybridized carbons (Fsp3) is 0.0588. The highest BCUT2D eigenvalue weighted by molar-refractivity contribution is 9.10. The molecular weight excluding hydrogens is 362 g/mol. The lowest BCUT2D eigenvalue weighted by molar-refractivity contribution is 0.0602. The van der Waals surface area contributed by atoms with Gasteiger partial charge in [-0.25, -0.2) is 4.79 Å². The van der Waals surface area contributed by atoms with Crippen LogP contribution in [0.5, 0.6) is 0 Å². The molecule has 3 aromatic rings. The number of carbonyl (C=O) groups is 2.